The van der Waals surface area contributed by atoms with E-state index in [0.717, 1.165) is 12.8 Å². The summed E-state index contributed by atoms with van der Waals surface area (Å²) >= 11 is 7.47. The number of amides is 1. The van der Waals surface area contributed by atoms with Gasteiger partial charge in [0.1, 0.15) is 0 Å². The van der Waals surface area contributed by atoms with Gasteiger partial charge in [0.2, 0.25) is 0 Å². The monoisotopic (exact) mass is 378 g/mol. The van der Waals surface area contributed by atoms with E-state index in [2.05, 4.69) is 48.3 Å². The van der Waals surface area contributed by atoms with Gasteiger partial charge in [-0.05, 0) is 34.0 Å². The Kier molecular flexibility index (Phi) is 6.73. The Morgan fingerprint density at radius 3 is 2.43 bits per heavy atom. The molecule has 0 atom stereocenters. The summed E-state index contributed by atoms with van der Waals surface area (Å²) in [5, 5.41) is 6.31. The molecule has 8 heteroatoms. The molecule has 1 saturated heterocycles. The maximum absolute atomic E-state index is 12.5. The number of hydrogen-bond acceptors (Lipinski definition) is 4. The summed E-state index contributed by atoms with van der Waals surface area (Å²) in [4.78, 5) is 20.8. The zero-order valence-electron chi connectivity index (χ0n) is 14.1. The van der Waals surface area contributed by atoms with Gasteiger partial charge in [0.15, 0.2) is 10.9 Å². The third-order valence-corrected chi connectivity index (χ3v) is 4.62. The Morgan fingerprint density at radius 1 is 1.35 bits per heavy atom. The van der Waals surface area contributed by atoms with Gasteiger partial charge in [0, 0.05) is 18.9 Å². The van der Waals surface area contributed by atoms with Gasteiger partial charge in [-0.3, -0.25) is 4.79 Å². The van der Waals surface area contributed by atoms with Crippen molar-refractivity contribution in [2.24, 2.45) is 0 Å². The van der Waals surface area contributed by atoms with E-state index in [1.807, 2.05) is 6.26 Å². The van der Waals surface area contributed by atoms with Gasteiger partial charge in [-0.2, -0.15) is 0 Å². The molecule has 0 saturated carbocycles. The number of nitrogens with one attached hydrogen (secondary N) is 1. The van der Waals surface area contributed by atoms with E-state index >= 15 is 0 Å². The van der Waals surface area contributed by atoms with E-state index in [4.69, 9.17) is 11.6 Å². The van der Waals surface area contributed by atoms with Crippen molar-refractivity contribution >= 4 is 29.3 Å². The quantitative estimate of drug-likeness (QED) is 0.515. The third kappa shape index (κ3) is 5.48. The summed E-state index contributed by atoms with van der Waals surface area (Å²) in [7, 11) is 0. The molecule has 1 aromatic rings. The molecule has 0 radical (unpaired) electrons. The lowest BCUT2D eigenvalue weighted by atomic mass is 9.79. The molecule has 1 aliphatic heterocycles. The normalized spacial score (nSPS) is 19.7. The Labute approximate surface area is 153 Å². The van der Waals surface area contributed by atoms with Gasteiger partial charge in [-0.25, -0.2) is 9.97 Å². The van der Waals surface area contributed by atoms with Crippen LogP contribution in [0.15, 0.2) is 11.4 Å². The van der Waals surface area contributed by atoms with Crippen LogP contribution in [0.5, 0.6) is 0 Å². The van der Waals surface area contributed by atoms with E-state index in [9.17, 15) is 4.79 Å². The van der Waals surface area contributed by atoms with Crippen LogP contribution >= 0.6 is 23.4 Å². The van der Waals surface area contributed by atoms with Crippen molar-refractivity contribution in [3.63, 3.8) is 0 Å². The van der Waals surface area contributed by atoms with Gasteiger partial charge in [0.25, 0.3) is 5.91 Å². The highest BCUT2D eigenvalue weighted by atomic mass is 35.5. The number of aromatic nitrogens is 2. The maximum Gasteiger partial charge on any atom is 0.271 e. The summed E-state index contributed by atoms with van der Waals surface area (Å²) < 4.78 is 0. The number of carbonyl (C=O) groups is 1. The number of thioether (sulfide) groups is 1. The van der Waals surface area contributed by atoms with Gasteiger partial charge in [0.05, 0.1) is 22.3 Å². The maximum atomic E-state index is 12.5. The summed E-state index contributed by atoms with van der Waals surface area (Å²) in [6.07, 6.45) is 5.19. The third-order valence-electron chi connectivity index (χ3n) is 3.78. The number of quaternary nitrogens is 1. The SMILES string of the molecule is CSc1ncc(Cl)c(C(=O)NC2CC(C)(C)[NH2+]C(C)(C)C2)n1.[Cl-]. The fourth-order valence-corrected chi connectivity index (χ4v) is 4.00. The highest BCUT2D eigenvalue weighted by Gasteiger charge is 2.42. The second-order valence-electron chi connectivity index (χ2n) is 7.25. The summed E-state index contributed by atoms with van der Waals surface area (Å²) in [5.41, 5.74) is 0.449. The molecule has 1 aliphatic rings. The predicted octanol–water partition coefficient (Wildman–Crippen LogP) is -1.13. The van der Waals surface area contributed by atoms with Crippen LogP contribution in [0.2, 0.25) is 5.02 Å². The van der Waals surface area contributed by atoms with E-state index in [-0.39, 0.29) is 46.2 Å². The fraction of sp³-hybridized carbons (Fsp3) is 0.667. The lowest BCUT2D eigenvalue weighted by molar-refractivity contribution is -0.787. The minimum Gasteiger partial charge on any atom is -1.00 e. The highest BCUT2D eigenvalue weighted by molar-refractivity contribution is 7.98. The van der Waals surface area contributed by atoms with Crippen molar-refractivity contribution in [1.29, 1.82) is 0 Å². The molecule has 1 aromatic heterocycles. The summed E-state index contributed by atoms with van der Waals surface area (Å²) in [5.74, 6) is -0.221. The zero-order chi connectivity index (χ0) is 16.5. The van der Waals surface area contributed by atoms with Crippen LogP contribution in [0.4, 0.5) is 0 Å². The van der Waals surface area contributed by atoms with Crippen LogP contribution in [0, 0.1) is 0 Å². The van der Waals surface area contributed by atoms with Crippen molar-refractivity contribution in [3.8, 4) is 0 Å². The molecule has 23 heavy (non-hydrogen) atoms. The molecule has 0 bridgehead atoms. The topological polar surface area (TPSA) is 71.5 Å². The average molecular weight is 379 g/mol. The first-order valence-corrected chi connectivity index (χ1v) is 8.97. The molecular formula is C15H24Cl2N4OS. The minimum atomic E-state index is -0.221. The minimum absolute atomic E-state index is 0. The Balaban J connectivity index is 0.00000264. The number of hydrogen-bond donors (Lipinski definition) is 2. The molecule has 0 unspecified atom stereocenters. The van der Waals surface area contributed by atoms with E-state index < -0.39 is 0 Å². The number of halogens is 2. The van der Waals surface area contributed by atoms with Crippen molar-refractivity contribution < 1.29 is 22.5 Å². The zero-order valence-corrected chi connectivity index (χ0v) is 16.4. The average Bonchev–Trinajstić information content (AvgIpc) is 2.35. The number of rotatable bonds is 3. The smallest absolute Gasteiger partial charge is 0.271 e. The van der Waals surface area contributed by atoms with E-state index in [1.165, 1.54) is 18.0 Å². The van der Waals surface area contributed by atoms with Gasteiger partial charge in [-0.1, -0.05) is 23.4 Å². The highest BCUT2D eigenvalue weighted by Crippen LogP contribution is 2.23. The van der Waals surface area contributed by atoms with Crippen LogP contribution in [0.25, 0.3) is 0 Å². The fourth-order valence-electron chi connectivity index (χ4n) is 3.48. The molecule has 2 rings (SSSR count). The first-order chi connectivity index (χ1) is 10.1. The number of carbonyl (C=O) groups excluding carboxylic acids is 1. The van der Waals surface area contributed by atoms with Crippen molar-refractivity contribution in [1.82, 2.24) is 15.3 Å². The number of nitrogens with zero attached hydrogens (tertiary/aromatic N) is 2. The molecule has 0 aromatic carbocycles. The van der Waals surface area contributed by atoms with Crippen molar-refractivity contribution in [2.45, 2.75) is 62.8 Å². The van der Waals surface area contributed by atoms with Crippen molar-refractivity contribution in [2.75, 3.05) is 6.26 Å². The molecule has 0 spiro atoms. The van der Waals surface area contributed by atoms with Crippen LogP contribution in [0.1, 0.15) is 51.0 Å². The first kappa shape index (κ1) is 20.5. The van der Waals surface area contributed by atoms with Crippen LogP contribution in [-0.2, 0) is 0 Å². The second-order valence-corrected chi connectivity index (χ2v) is 8.43. The lowest BCUT2D eigenvalue weighted by Crippen LogP contribution is -3.06. The second kappa shape index (κ2) is 7.55. The lowest BCUT2D eigenvalue weighted by Gasteiger charge is -2.43. The molecule has 1 amide bonds. The largest absolute Gasteiger partial charge is 1.00 e. The standard InChI is InChI=1S/C15H23ClN4OS.ClH/c1-14(2)6-9(7-15(3,4)20-14)18-12(21)11-10(16)8-17-13(19-11)22-5;/h8-9,20H,6-7H2,1-5H3,(H,18,21);1H. The Morgan fingerprint density at radius 2 is 1.91 bits per heavy atom. The van der Waals surface area contributed by atoms with Gasteiger partial charge < -0.3 is 23.0 Å². The predicted molar refractivity (Wildman–Crippen MR) is 89.4 cm³/mol. The van der Waals surface area contributed by atoms with E-state index in [1.54, 1.807) is 0 Å². The van der Waals surface area contributed by atoms with Crippen LogP contribution in [0.3, 0.4) is 0 Å². The van der Waals surface area contributed by atoms with Crippen LogP contribution < -0.4 is 23.0 Å². The molecule has 5 nitrogen and oxygen atoms in total. The molecule has 1 fully saturated rings. The number of piperidine rings is 1. The Bertz CT molecular complexity index is 565. The molecule has 2 heterocycles. The van der Waals surface area contributed by atoms with Crippen molar-refractivity contribution in [3.05, 3.63) is 16.9 Å². The molecule has 130 valence electrons. The first-order valence-electron chi connectivity index (χ1n) is 7.36. The Hall–Kier alpha value is -0.560. The summed E-state index contributed by atoms with van der Waals surface area (Å²) in [6.45, 7) is 8.82. The number of nitrogens with two attached hydrogens (primary N) is 1. The molecular weight excluding hydrogens is 355 g/mol. The van der Waals surface area contributed by atoms with Crippen LogP contribution in [-0.4, -0.2) is 39.3 Å². The molecule has 0 aliphatic carbocycles. The molecule has 3 N–H and O–H groups in total. The van der Waals surface area contributed by atoms with Gasteiger partial charge in [-0.15, -0.1) is 0 Å². The van der Waals surface area contributed by atoms with Gasteiger partial charge >= 0.3 is 0 Å². The summed E-state index contributed by atoms with van der Waals surface area (Å²) in [6, 6.07) is 0.117. The van der Waals surface area contributed by atoms with E-state index in [0.29, 0.717) is 5.16 Å².